The molecule has 1 aliphatic rings. The summed E-state index contributed by atoms with van der Waals surface area (Å²) in [5.41, 5.74) is 0. The first-order chi connectivity index (χ1) is 4.25. The summed E-state index contributed by atoms with van der Waals surface area (Å²) in [4.78, 5) is 10.7. The topological polar surface area (TPSA) is 26.3 Å². The van der Waals surface area contributed by atoms with Crippen molar-refractivity contribution in [2.75, 3.05) is 12.4 Å². The van der Waals surface area contributed by atoms with Crippen LogP contribution in [0, 0.1) is 11.8 Å². The van der Waals surface area contributed by atoms with Crippen molar-refractivity contribution in [3.63, 3.8) is 0 Å². The number of cyclic esters (lactones) is 1. The molecule has 0 aromatic heterocycles. The van der Waals surface area contributed by atoms with E-state index < -0.39 is 0 Å². The van der Waals surface area contributed by atoms with Gasteiger partial charge in [-0.1, -0.05) is 6.92 Å². The van der Waals surface area contributed by atoms with Gasteiger partial charge in [-0.25, -0.2) is 0 Å². The molecule has 0 aromatic carbocycles. The van der Waals surface area contributed by atoms with Gasteiger partial charge in [0.1, 0.15) is 0 Å². The van der Waals surface area contributed by atoms with Gasteiger partial charge in [-0.3, -0.25) is 4.79 Å². The van der Waals surface area contributed by atoms with Crippen LogP contribution >= 0.6 is 12.6 Å². The molecule has 2 atom stereocenters. The highest BCUT2D eigenvalue weighted by Crippen LogP contribution is 2.21. The Labute approximate surface area is 60.0 Å². The van der Waals surface area contributed by atoms with E-state index in [0.29, 0.717) is 18.3 Å². The van der Waals surface area contributed by atoms with Crippen molar-refractivity contribution in [1.29, 1.82) is 0 Å². The molecule has 0 aliphatic carbocycles. The van der Waals surface area contributed by atoms with Gasteiger partial charge in [-0.15, -0.1) is 0 Å². The lowest BCUT2D eigenvalue weighted by atomic mass is 10.0. The van der Waals surface area contributed by atoms with Crippen LogP contribution in [0.25, 0.3) is 0 Å². The van der Waals surface area contributed by atoms with Crippen LogP contribution in [-0.4, -0.2) is 18.3 Å². The van der Waals surface area contributed by atoms with Gasteiger partial charge in [-0.2, -0.15) is 12.6 Å². The molecule has 0 N–H and O–H groups in total. The number of rotatable bonds is 1. The molecule has 0 spiro atoms. The standard InChI is InChI=1S/C6H10O2S/c1-4-2-8-6(7)5(4)3-9/h4-5,9H,2-3H2,1H3. The van der Waals surface area contributed by atoms with Gasteiger partial charge in [0.2, 0.25) is 0 Å². The van der Waals surface area contributed by atoms with Crippen molar-refractivity contribution in [3.8, 4) is 0 Å². The van der Waals surface area contributed by atoms with E-state index in [0.717, 1.165) is 0 Å². The predicted octanol–water partition coefficient (Wildman–Crippen LogP) is 0.725. The third-order valence-corrected chi connectivity index (χ3v) is 2.07. The highest BCUT2D eigenvalue weighted by molar-refractivity contribution is 7.80. The van der Waals surface area contributed by atoms with Gasteiger partial charge >= 0.3 is 5.97 Å². The van der Waals surface area contributed by atoms with E-state index >= 15 is 0 Å². The molecule has 0 amide bonds. The molecule has 0 radical (unpaired) electrons. The van der Waals surface area contributed by atoms with Crippen LogP contribution in [0.2, 0.25) is 0 Å². The Bertz CT molecular complexity index is 124. The van der Waals surface area contributed by atoms with Crippen molar-refractivity contribution >= 4 is 18.6 Å². The molecule has 52 valence electrons. The molecule has 1 saturated heterocycles. The quantitative estimate of drug-likeness (QED) is 0.436. The van der Waals surface area contributed by atoms with Crippen LogP contribution in [0.3, 0.4) is 0 Å². The average molecular weight is 146 g/mol. The van der Waals surface area contributed by atoms with Crippen LogP contribution in [-0.2, 0) is 9.53 Å². The van der Waals surface area contributed by atoms with Crippen molar-refractivity contribution in [3.05, 3.63) is 0 Å². The molecule has 9 heavy (non-hydrogen) atoms. The zero-order valence-corrected chi connectivity index (χ0v) is 6.23. The molecule has 1 fully saturated rings. The Balaban J connectivity index is 2.55. The van der Waals surface area contributed by atoms with Crippen LogP contribution in [0.1, 0.15) is 6.92 Å². The Hall–Kier alpha value is -0.180. The van der Waals surface area contributed by atoms with Gasteiger partial charge in [0.15, 0.2) is 0 Å². The van der Waals surface area contributed by atoms with E-state index in [-0.39, 0.29) is 11.9 Å². The second-order valence-corrected chi connectivity index (χ2v) is 2.76. The van der Waals surface area contributed by atoms with Crippen LogP contribution < -0.4 is 0 Å². The fourth-order valence-electron chi connectivity index (χ4n) is 0.924. The maximum absolute atomic E-state index is 10.7. The predicted molar refractivity (Wildman–Crippen MR) is 37.5 cm³/mol. The second kappa shape index (κ2) is 2.60. The monoisotopic (exact) mass is 146 g/mol. The zero-order valence-electron chi connectivity index (χ0n) is 5.33. The van der Waals surface area contributed by atoms with Crippen LogP contribution in [0.5, 0.6) is 0 Å². The highest BCUT2D eigenvalue weighted by Gasteiger charge is 2.31. The highest BCUT2D eigenvalue weighted by atomic mass is 32.1. The molecular formula is C6H10O2S. The molecule has 1 aliphatic heterocycles. The minimum atomic E-state index is -0.0856. The first kappa shape index (κ1) is 6.93. The molecule has 0 saturated carbocycles. The first-order valence-corrected chi connectivity index (χ1v) is 3.66. The fraction of sp³-hybridized carbons (Fsp3) is 0.833. The summed E-state index contributed by atoms with van der Waals surface area (Å²) in [5, 5.41) is 0. The first-order valence-electron chi connectivity index (χ1n) is 3.03. The molecule has 0 aromatic rings. The molecule has 1 rings (SSSR count). The maximum Gasteiger partial charge on any atom is 0.310 e. The second-order valence-electron chi connectivity index (χ2n) is 2.40. The van der Waals surface area contributed by atoms with Crippen LogP contribution in [0.4, 0.5) is 0 Å². The molecule has 3 heteroatoms. The van der Waals surface area contributed by atoms with Crippen molar-refractivity contribution in [1.82, 2.24) is 0 Å². The Morgan fingerprint density at radius 3 is 2.78 bits per heavy atom. The van der Waals surface area contributed by atoms with Crippen molar-refractivity contribution in [2.24, 2.45) is 11.8 Å². The number of ether oxygens (including phenoxy) is 1. The summed E-state index contributed by atoms with van der Waals surface area (Å²) in [5.74, 6) is 0.917. The van der Waals surface area contributed by atoms with E-state index in [4.69, 9.17) is 4.74 Å². The summed E-state index contributed by atoms with van der Waals surface area (Å²) < 4.78 is 4.78. The summed E-state index contributed by atoms with van der Waals surface area (Å²) in [7, 11) is 0. The molecule has 0 bridgehead atoms. The SMILES string of the molecule is CC1COC(=O)C1CS. The number of hydrogen-bond donors (Lipinski definition) is 1. The van der Waals surface area contributed by atoms with E-state index in [1.807, 2.05) is 6.92 Å². The average Bonchev–Trinajstić information content (AvgIpc) is 2.12. The maximum atomic E-state index is 10.7. The minimum Gasteiger partial charge on any atom is -0.465 e. The number of carbonyl (C=O) groups is 1. The van der Waals surface area contributed by atoms with Crippen LogP contribution in [0.15, 0.2) is 0 Å². The summed E-state index contributed by atoms with van der Waals surface area (Å²) in [6.07, 6.45) is 0. The van der Waals surface area contributed by atoms with E-state index in [2.05, 4.69) is 12.6 Å². The number of hydrogen-bond acceptors (Lipinski definition) is 3. The minimum absolute atomic E-state index is 0.0355. The van der Waals surface area contributed by atoms with Gasteiger partial charge in [0.25, 0.3) is 0 Å². The third kappa shape index (κ3) is 1.21. The van der Waals surface area contributed by atoms with E-state index in [1.54, 1.807) is 0 Å². The third-order valence-electron chi connectivity index (χ3n) is 1.67. The van der Waals surface area contributed by atoms with Crippen molar-refractivity contribution < 1.29 is 9.53 Å². The molecular weight excluding hydrogens is 136 g/mol. The Kier molecular flexibility index (Phi) is 2.01. The normalized spacial score (nSPS) is 34.7. The summed E-state index contributed by atoms with van der Waals surface area (Å²) in [6.45, 7) is 2.58. The number of esters is 1. The number of thiol groups is 1. The molecule has 1 heterocycles. The number of carbonyl (C=O) groups excluding carboxylic acids is 1. The van der Waals surface area contributed by atoms with Crippen molar-refractivity contribution in [2.45, 2.75) is 6.92 Å². The van der Waals surface area contributed by atoms with Gasteiger partial charge in [0.05, 0.1) is 12.5 Å². The smallest absolute Gasteiger partial charge is 0.310 e. The molecule has 2 unspecified atom stereocenters. The Morgan fingerprint density at radius 2 is 2.56 bits per heavy atom. The summed E-state index contributed by atoms with van der Waals surface area (Å²) >= 11 is 4.03. The zero-order chi connectivity index (χ0) is 6.85. The van der Waals surface area contributed by atoms with Gasteiger partial charge < -0.3 is 4.74 Å². The lowest BCUT2D eigenvalue weighted by Crippen LogP contribution is -2.14. The fourth-order valence-corrected chi connectivity index (χ4v) is 1.43. The summed E-state index contributed by atoms with van der Waals surface area (Å²) in [6, 6.07) is 0. The van der Waals surface area contributed by atoms with E-state index in [1.165, 1.54) is 0 Å². The van der Waals surface area contributed by atoms with Gasteiger partial charge in [0, 0.05) is 11.7 Å². The lowest BCUT2D eigenvalue weighted by Gasteiger charge is -2.03. The van der Waals surface area contributed by atoms with Gasteiger partial charge in [-0.05, 0) is 0 Å². The molecule has 2 nitrogen and oxygen atoms in total. The Morgan fingerprint density at radius 1 is 1.89 bits per heavy atom. The largest absolute Gasteiger partial charge is 0.465 e. The van der Waals surface area contributed by atoms with E-state index in [9.17, 15) is 4.79 Å². The lowest BCUT2D eigenvalue weighted by molar-refractivity contribution is -0.140.